The molecular weight excluding hydrogens is 224 g/mol. The summed E-state index contributed by atoms with van der Waals surface area (Å²) in [4.78, 5) is 2.42. The van der Waals surface area contributed by atoms with Crippen molar-refractivity contribution in [2.45, 2.75) is 31.7 Å². The van der Waals surface area contributed by atoms with Crippen molar-refractivity contribution < 1.29 is 4.74 Å². The summed E-state index contributed by atoms with van der Waals surface area (Å²) in [7, 11) is 2.20. The molecule has 0 aliphatic carbocycles. The molecule has 0 amide bonds. The third kappa shape index (κ3) is 1.97. The first-order valence-corrected chi connectivity index (χ1v) is 6.89. The zero-order valence-corrected chi connectivity index (χ0v) is 11.3. The molecule has 0 saturated carbocycles. The summed E-state index contributed by atoms with van der Waals surface area (Å²) in [6, 6.07) is 6.36. The monoisotopic (exact) mass is 246 g/mol. The second-order valence-corrected chi connectivity index (χ2v) is 5.78. The number of ether oxygens (including phenoxy) is 1. The minimum absolute atomic E-state index is 0.196. The smallest absolute Gasteiger partial charge is 0.142 e. The van der Waals surface area contributed by atoms with Gasteiger partial charge in [0.25, 0.3) is 0 Å². The van der Waals surface area contributed by atoms with Crippen LogP contribution in [0, 0.1) is 0 Å². The van der Waals surface area contributed by atoms with Gasteiger partial charge in [0.2, 0.25) is 0 Å². The zero-order chi connectivity index (χ0) is 12.6. The van der Waals surface area contributed by atoms with E-state index in [2.05, 4.69) is 42.4 Å². The van der Waals surface area contributed by atoms with Crippen LogP contribution in [0.2, 0.25) is 0 Å². The molecule has 98 valence electrons. The van der Waals surface area contributed by atoms with Gasteiger partial charge in [-0.15, -0.1) is 0 Å². The van der Waals surface area contributed by atoms with Crippen molar-refractivity contribution in [3.05, 3.63) is 23.8 Å². The maximum Gasteiger partial charge on any atom is 0.142 e. The maximum absolute atomic E-state index is 6.10. The van der Waals surface area contributed by atoms with E-state index in [1.807, 2.05) is 0 Å². The van der Waals surface area contributed by atoms with Gasteiger partial charge >= 0.3 is 0 Å². The number of hydrogen-bond acceptors (Lipinski definition) is 3. The van der Waals surface area contributed by atoms with Crippen molar-refractivity contribution in [2.24, 2.45) is 0 Å². The zero-order valence-electron chi connectivity index (χ0n) is 11.3. The molecule has 1 saturated heterocycles. The standard InChI is InChI=1S/C15H22N2O/c1-15(8-4-10-17(15)2)11-18-13-6-3-5-12-7-9-16-14(12)13/h3,5-6,16H,4,7-11H2,1-2H3. The summed E-state index contributed by atoms with van der Waals surface area (Å²) in [5.74, 6) is 1.02. The number of nitrogens with zero attached hydrogens (tertiary/aromatic N) is 1. The van der Waals surface area contributed by atoms with Gasteiger partial charge in [0.1, 0.15) is 12.4 Å². The molecular formula is C15H22N2O. The average Bonchev–Trinajstić information content (AvgIpc) is 2.95. The molecule has 3 heteroatoms. The molecule has 1 unspecified atom stereocenters. The summed E-state index contributed by atoms with van der Waals surface area (Å²) >= 11 is 0. The number of likely N-dealkylation sites (N-methyl/N-ethyl adjacent to an activating group) is 1. The van der Waals surface area contributed by atoms with E-state index in [1.54, 1.807) is 0 Å². The molecule has 3 nitrogen and oxygen atoms in total. The van der Waals surface area contributed by atoms with Gasteiger partial charge in [-0.25, -0.2) is 0 Å². The van der Waals surface area contributed by atoms with E-state index in [4.69, 9.17) is 4.74 Å². The predicted molar refractivity (Wildman–Crippen MR) is 74.4 cm³/mol. The second-order valence-electron chi connectivity index (χ2n) is 5.78. The minimum atomic E-state index is 0.196. The van der Waals surface area contributed by atoms with Crippen LogP contribution in [0.3, 0.4) is 0 Å². The van der Waals surface area contributed by atoms with Crippen molar-refractivity contribution in [3.8, 4) is 5.75 Å². The van der Waals surface area contributed by atoms with Crippen LogP contribution >= 0.6 is 0 Å². The molecule has 0 bridgehead atoms. The number of fused-ring (bicyclic) bond motifs is 1. The Morgan fingerprint density at radius 3 is 3.11 bits per heavy atom. The largest absolute Gasteiger partial charge is 0.489 e. The summed E-state index contributed by atoms with van der Waals surface area (Å²) < 4.78 is 6.10. The number of anilines is 1. The van der Waals surface area contributed by atoms with Crippen LogP contribution in [0.15, 0.2) is 18.2 Å². The number of hydrogen-bond donors (Lipinski definition) is 1. The molecule has 1 atom stereocenters. The fourth-order valence-electron chi connectivity index (χ4n) is 3.00. The normalized spacial score (nSPS) is 27.0. The lowest BCUT2D eigenvalue weighted by Gasteiger charge is -2.32. The molecule has 18 heavy (non-hydrogen) atoms. The Kier molecular flexibility index (Phi) is 2.94. The highest BCUT2D eigenvalue weighted by molar-refractivity contribution is 5.65. The molecule has 0 spiro atoms. The molecule has 2 aliphatic heterocycles. The molecule has 1 aromatic rings. The fraction of sp³-hybridized carbons (Fsp3) is 0.600. The van der Waals surface area contributed by atoms with Gasteiger partial charge in [0.15, 0.2) is 0 Å². The van der Waals surface area contributed by atoms with Gasteiger partial charge in [-0.2, -0.15) is 0 Å². The van der Waals surface area contributed by atoms with Gasteiger partial charge in [-0.05, 0) is 51.4 Å². The van der Waals surface area contributed by atoms with E-state index in [-0.39, 0.29) is 5.54 Å². The van der Waals surface area contributed by atoms with Crippen LogP contribution in [0.5, 0.6) is 5.75 Å². The van der Waals surface area contributed by atoms with Crippen LogP contribution in [0.25, 0.3) is 0 Å². The van der Waals surface area contributed by atoms with Crippen LogP contribution in [0.4, 0.5) is 5.69 Å². The molecule has 2 aliphatic rings. The summed E-state index contributed by atoms with van der Waals surface area (Å²) in [5, 5.41) is 3.43. The Morgan fingerprint density at radius 1 is 1.44 bits per heavy atom. The fourth-order valence-corrected chi connectivity index (χ4v) is 3.00. The third-order valence-electron chi connectivity index (χ3n) is 4.48. The Bertz CT molecular complexity index is 446. The van der Waals surface area contributed by atoms with Crippen molar-refractivity contribution in [1.29, 1.82) is 0 Å². The van der Waals surface area contributed by atoms with Gasteiger partial charge < -0.3 is 10.1 Å². The molecule has 2 heterocycles. The average molecular weight is 246 g/mol. The molecule has 3 rings (SSSR count). The first kappa shape index (κ1) is 11.8. The molecule has 0 aromatic heterocycles. The summed E-state index contributed by atoms with van der Waals surface area (Å²) in [6.45, 7) is 5.30. The molecule has 0 radical (unpaired) electrons. The van der Waals surface area contributed by atoms with Crippen molar-refractivity contribution >= 4 is 5.69 Å². The Hall–Kier alpha value is -1.22. The Morgan fingerprint density at radius 2 is 2.33 bits per heavy atom. The van der Waals surface area contributed by atoms with Crippen molar-refractivity contribution in [2.75, 3.05) is 32.1 Å². The highest BCUT2D eigenvalue weighted by atomic mass is 16.5. The van der Waals surface area contributed by atoms with E-state index < -0.39 is 0 Å². The molecule has 1 fully saturated rings. The molecule has 1 aromatic carbocycles. The lowest BCUT2D eigenvalue weighted by molar-refractivity contribution is 0.114. The lowest BCUT2D eigenvalue weighted by Crippen LogP contribution is -2.43. The van der Waals surface area contributed by atoms with E-state index in [0.29, 0.717) is 0 Å². The predicted octanol–water partition coefficient (Wildman–Crippen LogP) is 2.52. The quantitative estimate of drug-likeness (QED) is 0.887. The summed E-state index contributed by atoms with van der Waals surface area (Å²) in [5.41, 5.74) is 2.79. The number of nitrogens with one attached hydrogen (secondary N) is 1. The highest BCUT2D eigenvalue weighted by Gasteiger charge is 2.34. The minimum Gasteiger partial charge on any atom is -0.489 e. The van der Waals surface area contributed by atoms with Crippen molar-refractivity contribution in [3.63, 3.8) is 0 Å². The number of rotatable bonds is 3. The van der Waals surface area contributed by atoms with Gasteiger partial charge in [0.05, 0.1) is 11.2 Å². The van der Waals surface area contributed by atoms with Crippen LogP contribution < -0.4 is 10.1 Å². The first-order valence-electron chi connectivity index (χ1n) is 6.89. The number of benzene rings is 1. The third-order valence-corrected chi connectivity index (χ3v) is 4.48. The number of likely N-dealkylation sites (tertiary alicyclic amines) is 1. The van der Waals surface area contributed by atoms with Crippen LogP contribution in [-0.2, 0) is 6.42 Å². The summed E-state index contributed by atoms with van der Waals surface area (Å²) in [6.07, 6.45) is 3.62. The van der Waals surface area contributed by atoms with E-state index in [0.717, 1.165) is 25.3 Å². The Balaban J connectivity index is 1.72. The van der Waals surface area contributed by atoms with Crippen LogP contribution in [0.1, 0.15) is 25.3 Å². The van der Waals surface area contributed by atoms with E-state index in [1.165, 1.54) is 30.6 Å². The molecule has 1 N–H and O–H groups in total. The van der Waals surface area contributed by atoms with E-state index >= 15 is 0 Å². The first-order chi connectivity index (χ1) is 8.69. The van der Waals surface area contributed by atoms with Crippen LogP contribution in [-0.4, -0.2) is 37.2 Å². The SMILES string of the molecule is CN1CCCC1(C)COc1cccc2c1NCC2. The highest BCUT2D eigenvalue weighted by Crippen LogP contribution is 2.34. The van der Waals surface area contributed by atoms with Crippen molar-refractivity contribution in [1.82, 2.24) is 4.90 Å². The Labute approximate surface area is 109 Å². The van der Waals surface area contributed by atoms with Gasteiger partial charge in [-0.1, -0.05) is 12.1 Å². The number of para-hydroxylation sites is 1. The van der Waals surface area contributed by atoms with Gasteiger partial charge in [0, 0.05) is 6.54 Å². The van der Waals surface area contributed by atoms with E-state index in [9.17, 15) is 0 Å². The van der Waals surface area contributed by atoms with Gasteiger partial charge in [-0.3, -0.25) is 4.90 Å². The lowest BCUT2D eigenvalue weighted by atomic mass is 10.0. The topological polar surface area (TPSA) is 24.5 Å². The second kappa shape index (κ2) is 4.47. The maximum atomic E-state index is 6.10.